The normalized spacial score (nSPS) is 10.9. The van der Waals surface area contributed by atoms with Crippen LogP contribution in [0.2, 0.25) is 0 Å². The van der Waals surface area contributed by atoms with Gasteiger partial charge in [-0.15, -0.1) is 0 Å². The molecule has 0 aliphatic rings. The van der Waals surface area contributed by atoms with Crippen molar-refractivity contribution in [1.82, 2.24) is 10.2 Å². The molecule has 0 amide bonds. The number of aryl methyl sites for hydroxylation is 1. The largest absolute Gasteiger partial charge is 0.368 e. The van der Waals surface area contributed by atoms with Crippen LogP contribution in [0.5, 0.6) is 0 Å². The Labute approximate surface area is 106 Å². The molecule has 0 atom stereocenters. The summed E-state index contributed by atoms with van der Waals surface area (Å²) in [5.41, 5.74) is 2.26. The predicted molar refractivity (Wildman–Crippen MR) is 72.0 cm³/mol. The molecule has 0 radical (unpaired) electrons. The van der Waals surface area contributed by atoms with Crippen LogP contribution in [0.3, 0.4) is 0 Å². The highest BCUT2D eigenvalue weighted by Gasteiger charge is 2.15. The van der Waals surface area contributed by atoms with Crippen LogP contribution >= 0.6 is 0 Å². The van der Waals surface area contributed by atoms with E-state index in [1.165, 1.54) is 6.07 Å². The lowest BCUT2D eigenvalue weighted by atomic mass is 10.1. The molecule has 0 bridgehead atoms. The van der Waals surface area contributed by atoms with Gasteiger partial charge in [-0.3, -0.25) is 5.10 Å². The molecule has 2 rings (SSSR count). The van der Waals surface area contributed by atoms with E-state index in [9.17, 15) is 4.39 Å². The molecular weight excluding hydrogens is 229 g/mol. The third kappa shape index (κ3) is 2.53. The second kappa shape index (κ2) is 5.21. The zero-order valence-electron chi connectivity index (χ0n) is 10.9. The second-order valence-electron chi connectivity index (χ2n) is 4.83. The summed E-state index contributed by atoms with van der Waals surface area (Å²) in [4.78, 5) is 0. The van der Waals surface area contributed by atoms with Gasteiger partial charge in [-0.1, -0.05) is 32.0 Å². The van der Waals surface area contributed by atoms with Crippen LogP contribution in [0.1, 0.15) is 19.5 Å². The molecule has 0 spiro atoms. The van der Waals surface area contributed by atoms with Gasteiger partial charge in [-0.2, -0.15) is 5.10 Å². The number of hydrogen-bond donors (Lipinski definition) is 2. The Kier molecular flexibility index (Phi) is 3.65. The molecule has 1 aromatic carbocycles. The first-order chi connectivity index (χ1) is 8.59. The maximum atomic E-state index is 13.8. The topological polar surface area (TPSA) is 40.7 Å². The van der Waals surface area contributed by atoms with Crippen molar-refractivity contribution < 1.29 is 4.39 Å². The second-order valence-corrected chi connectivity index (χ2v) is 4.83. The van der Waals surface area contributed by atoms with Crippen molar-refractivity contribution in [2.24, 2.45) is 5.92 Å². The van der Waals surface area contributed by atoms with E-state index in [2.05, 4.69) is 29.4 Å². The minimum atomic E-state index is -0.227. The van der Waals surface area contributed by atoms with E-state index < -0.39 is 0 Å². The molecule has 4 heteroatoms. The number of benzene rings is 1. The molecular formula is C14H18FN3. The molecule has 96 valence electrons. The van der Waals surface area contributed by atoms with Gasteiger partial charge in [0.25, 0.3) is 0 Å². The van der Waals surface area contributed by atoms with Gasteiger partial charge in [0.2, 0.25) is 0 Å². The van der Waals surface area contributed by atoms with Crippen LogP contribution in [0.15, 0.2) is 24.3 Å². The zero-order chi connectivity index (χ0) is 13.1. The average molecular weight is 247 g/mol. The highest BCUT2D eigenvalue weighted by Crippen LogP contribution is 2.31. The average Bonchev–Trinajstić information content (AvgIpc) is 2.69. The highest BCUT2D eigenvalue weighted by atomic mass is 19.1. The number of H-pyrrole nitrogens is 1. The fourth-order valence-electron chi connectivity index (χ4n) is 1.85. The summed E-state index contributed by atoms with van der Waals surface area (Å²) in [6, 6.07) is 6.76. The van der Waals surface area contributed by atoms with E-state index in [4.69, 9.17) is 0 Å². The molecule has 1 heterocycles. The lowest BCUT2D eigenvalue weighted by Crippen LogP contribution is -2.09. The Bertz CT molecular complexity index is 532. The first-order valence-corrected chi connectivity index (χ1v) is 6.13. The van der Waals surface area contributed by atoms with Crippen LogP contribution in [0, 0.1) is 18.7 Å². The SMILES string of the molecule is Cc1[nH]nc(NCC(C)C)c1-c1ccccc1F. The molecule has 2 N–H and O–H groups in total. The standard InChI is InChI=1S/C14H18FN3/c1-9(2)8-16-14-13(10(3)17-18-14)11-6-4-5-7-12(11)15/h4-7,9H,8H2,1-3H3,(H2,16,17,18). The maximum Gasteiger partial charge on any atom is 0.156 e. The zero-order valence-corrected chi connectivity index (χ0v) is 10.9. The van der Waals surface area contributed by atoms with Crippen LogP contribution in [-0.4, -0.2) is 16.7 Å². The highest BCUT2D eigenvalue weighted by molar-refractivity contribution is 5.77. The third-order valence-corrected chi connectivity index (χ3v) is 2.77. The third-order valence-electron chi connectivity index (χ3n) is 2.77. The van der Waals surface area contributed by atoms with Crippen molar-refractivity contribution in [1.29, 1.82) is 0 Å². The van der Waals surface area contributed by atoms with Gasteiger partial charge in [-0.05, 0) is 18.9 Å². The molecule has 0 aliphatic carbocycles. The molecule has 3 nitrogen and oxygen atoms in total. The van der Waals surface area contributed by atoms with Crippen LogP contribution < -0.4 is 5.32 Å². The summed E-state index contributed by atoms with van der Waals surface area (Å²) < 4.78 is 13.8. The quantitative estimate of drug-likeness (QED) is 0.866. The molecule has 0 saturated carbocycles. The summed E-state index contributed by atoms with van der Waals surface area (Å²) >= 11 is 0. The maximum absolute atomic E-state index is 13.8. The number of hydrogen-bond acceptors (Lipinski definition) is 2. The van der Waals surface area contributed by atoms with Crippen molar-refractivity contribution in [3.63, 3.8) is 0 Å². The predicted octanol–water partition coefficient (Wildman–Crippen LogP) is 3.59. The fourth-order valence-corrected chi connectivity index (χ4v) is 1.85. The first-order valence-electron chi connectivity index (χ1n) is 6.13. The Morgan fingerprint density at radius 2 is 2.06 bits per heavy atom. The molecule has 0 aliphatic heterocycles. The van der Waals surface area contributed by atoms with E-state index in [0.717, 1.165) is 17.8 Å². The molecule has 18 heavy (non-hydrogen) atoms. The van der Waals surface area contributed by atoms with Gasteiger partial charge >= 0.3 is 0 Å². The lowest BCUT2D eigenvalue weighted by molar-refractivity contribution is 0.631. The Balaban J connectivity index is 2.38. The van der Waals surface area contributed by atoms with Crippen LogP contribution in [0.4, 0.5) is 10.2 Å². The van der Waals surface area contributed by atoms with Crippen molar-refractivity contribution in [2.75, 3.05) is 11.9 Å². The smallest absolute Gasteiger partial charge is 0.156 e. The van der Waals surface area contributed by atoms with Gasteiger partial charge in [0, 0.05) is 23.4 Å². The van der Waals surface area contributed by atoms with Crippen molar-refractivity contribution in [3.8, 4) is 11.1 Å². The number of rotatable bonds is 4. The van der Waals surface area contributed by atoms with Gasteiger partial charge in [0.15, 0.2) is 5.82 Å². The Morgan fingerprint density at radius 3 is 2.72 bits per heavy atom. The summed E-state index contributed by atoms with van der Waals surface area (Å²) in [6.45, 7) is 6.95. The monoisotopic (exact) mass is 247 g/mol. The summed E-state index contributed by atoms with van der Waals surface area (Å²) in [5.74, 6) is 0.997. The van der Waals surface area contributed by atoms with E-state index in [1.54, 1.807) is 12.1 Å². The van der Waals surface area contributed by atoms with Gasteiger partial charge < -0.3 is 5.32 Å². The number of nitrogens with one attached hydrogen (secondary N) is 2. The van der Waals surface area contributed by atoms with E-state index in [0.29, 0.717) is 17.3 Å². The van der Waals surface area contributed by atoms with E-state index >= 15 is 0 Å². The van der Waals surface area contributed by atoms with Crippen molar-refractivity contribution >= 4 is 5.82 Å². The van der Waals surface area contributed by atoms with Crippen molar-refractivity contribution in [3.05, 3.63) is 35.8 Å². The van der Waals surface area contributed by atoms with Gasteiger partial charge in [0.1, 0.15) is 5.82 Å². The molecule has 2 aromatic rings. The molecule has 1 aromatic heterocycles. The summed E-state index contributed by atoms with van der Waals surface area (Å²) in [7, 11) is 0. The number of aromatic amines is 1. The number of anilines is 1. The minimum Gasteiger partial charge on any atom is -0.368 e. The number of nitrogens with zero attached hydrogens (tertiary/aromatic N) is 1. The van der Waals surface area contributed by atoms with Gasteiger partial charge in [0.05, 0.1) is 0 Å². The first kappa shape index (κ1) is 12.6. The van der Waals surface area contributed by atoms with Gasteiger partial charge in [-0.25, -0.2) is 4.39 Å². The van der Waals surface area contributed by atoms with E-state index in [-0.39, 0.29) is 5.82 Å². The molecule has 0 unspecified atom stereocenters. The fraction of sp³-hybridized carbons (Fsp3) is 0.357. The Hall–Kier alpha value is -1.84. The minimum absolute atomic E-state index is 0.227. The summed E-state index contributed by atoms with van der Waals surface area (Å²) in [5, 5.41) is 10.4. The van der Waals surface area contributed by atoms with Crippen LogP contribution in [0.25, 0.3) is 11.1 Å². The van der Waals surface area contributed by atoms with E-state index in [1.807, 2.05) is 13.0 Å². The summed E-state index contributed by atoms with van der Waals surface area (Å²) in [6.07, 6.45) is 0. The number of aromatic nitrogens is 2. The molecule has 0 saturated heterocycles. The van der Waals surface area contributed by atoms with Crippen molar-refractivity contribution in [2.45, 2.75) is 20.8 Å². The molecule has 0 fully saturated rings. The lowest BCUT2D eigenvalue weighted by Gasteiger charge is -2.09. The Morgan fingerprint density at radius 1 is 1.33 bits per heavy atom. The number of halogens is 1. The van der Waals surface area contributed by atoms with Crippen LogP contribution in [-0.2, 0) is 0 Å².